The van der Waals surface area contributed by atoms with Gasteiger partial charge in [0.15, 0.2) is 0 Å². The summed E-state index contributed by atoms with van der Waals surface area (Å²) in [5, 5.41) is 0. The van der Waals surface area contributed by atoms with Crippen LogP contribution in [0.5, 0.6) is 0 Å². The van der Waals surface area contributed by atoms with E-state index in [1.165, 1.54) is 0 Å². The van der Waals surface area contributed by atoms with Crippen molar-refractivity contribution in [2.75, 3.05) is 13.1 Å². The van der Waals surface area contributed by atoms with Gasteiger partial charge in [-0.2, -0.15) is 0 Å². The Bertz CT molecular complexity index is 181. The van der Waals surface area contributed by atoms with Crippen molar-refractivity contribution in [2.45, 2.75) is 31.7 Å². The molecule has 0 radical (unpaired) electrons. The molecule has 2 aliphatic rings. The van der Waals surface area contributed by atoms with Gasteiger partial charge in [-0.3, -0.25) is 4.79 Å². The number of amides is 1. The number of nitrogens with zero attached hydrogens (tertiary/aromatic N) is 1. The van der Waals surface area contributed by atoms with Gasteiger partial charge in [-0.1, -0.05) is 0 Å². The number of hydrogen-bond donors (Lipinski definition) is 1. The van der Waals surface area contributed by atoms with Gasteiger partial charge < -0.3 is 10.6 Å². The van der Waals surface area contributed by atoms with Crippen LogP contribution in [0.3, 0.4) is 0 Å². The maximum absolute atomic E-state index is 11.6. The minimum absolute atomic E-state index is 0.298. The van der Waals surface area contributed by atoms with E-state index < -0.39 is 0 Å². The number of rotatable bonds is 1. The summed E-state index contributed by atoms with van der Waals surface area (Å²) in [6.07, 6.45) is 4.08. The average Bonchev–Trinajstić information content (AvgIpc) is 2.87. The van der Waals surface area contributed by atoms with Crippen LogP contribution in [-0.4, -0.2) is 29.9 Å². The van der Waals surface area contributed by atoms with Gasteiger partial charge in [0.1, 0.15) is 0 Å². The largest absolute Gasteiger partial charge is 0.339 e. The lowest BCUT2D eigenvalue weighted by Gasteiger charge is -2.24. The highest BCUT2D eigenvalue weighted by Gasteiger charge is 2.32. The molecule has 1 amide bonds. The fraction of sp³-hybridized carbons (Fsp3) is 0.889. The Kier molecular flexibility index (Phi) is 2.05. The van der Waals surface area contributed by atoms with E-state index in [0.717, 1.165) is 38.8 Å². The molecule has 2 N–H and O–H groups in total. The second-order valence-corrected chi connectivity index (χ2v) is 3.94. The Morgan fingerprint density at radius 1 is 1.17 bits per heavy atom. The van der Waals surface area contributed by atoms with E-state index in [4.69, 9.17) is 5.73 Å². The first-order valence-electron chi connectivity index (χ1n) is 4.82. The van der Waals surface area contributed by atoms with Gasteiger partial charge >= 0.3 is 0 Å². The van der Waals surface area contributed by atoms with Crippen LogP contribution in [0.2, 0.25) is 0 Å². The van der Waals surface area contributed by atoms with Crippen LogP contribution < -0.4 is 5.73 Å². The van der Waals surface area contributed by atoms with Crippen LogP contribution in [0.4, 0.5) is 0 Å². The second-order valence-electron chi connectivity index (χ2n) is 3.94. The Hall–Kier alpha value is -0.570. The zero-order valence-corrected chi connectivity index (χ0v) is 7.33. The molecule has 0 spiro atoms. The lowest BCUT2D eigenvalue weighted by Crippen LogP contribution is -2.32. The van der Waals surface area contributed by atoms with Gasteiger partial charge in [0.25, 0.3) is 0 Å². The topological polar surface area (TPSA) is 46.1 Å². The molecule has 3 heteroatoms. The highest BCUT2D eigenvalue weighted by Crippen LogP contribution is 2.26. The molecule has 12 heavy (non-hydrogen) atoms. The third kappa shape index (κ3) is 1.61. The molecule has 0 aromatic rings. The van der Waals surface area contributed by atoms with Crippen LogP contribution in [0.15, 0.2) is 0 Å². The lowest BCUT2D eigenvalue weighted by molar-refractivity contribution is -0.130. The zero-order chi connectivity index (χ0) is 8.55. The molecular formula is C9H16N2O. The predicted molar refractivity (Wildman–Crippen MR) is 46.5 cm³/mol. The van der Waals surface area contributed by atoms with E-state index in [2.05, 4.69) is 0 Å². The van der Waals surface area contributed by atoms with E-state index in [1.54, 1.807) is 0 Å². The maximum atomic E-state index is 11.6. The van der Waals surface area contributed by atoms with Gasteiger partial charge in [-0.05, 0) is 25.7 Å². The summed E-state index contributed by atoms with van der Waals surface area (Å²) < 4.78 is 0. The fourth-order valence-corrected chi connectivity index (χ4v) is 1.89. The van der Waals surface area contributed by atoms with Crippen LogP contribution in [-0.2, 0) is 4.79 Å². The van der Waals surface area contributed by atoms with Crippen molar-refractivity contribution in [2.24, 2.45) is 11.7 Å². The fourth-order valence-electron chi connectivity index (χ4n) is 1.89. The van der Waals surface area contributed by atoms with E-state index in [9.17, 15) is 4.79 Å². The van der Waals surface area contributed by atoms with Crippen LogP contribution in [0.1, 0.15) is 25.7 Å². The van der Waals surface area contributed by atoms with Crippen LogP contribution in [0.25, 0.3) is 0 Å². The molecule has 1 saturated heterocycles. The number of nitrogens with two attached hydrogens (primary N) is 1. The predicted octanol–water partition coefficient (Wildman–Crippen LogP) is 0.346. The molecule has 0 unspecified atom stereocenters. The number of carbonyl (C=O) groups is 1. The van der Waals surface area contributed by atoms with Crippen molar-refractivity contribution in [3.63, 3.8) is 0 Å². The van der Waals surface area contributed by atoms with Gasteiger partial charge in [0.05, 0.1) is 0 Å². The molecule has 3 nitrogen and oxygen atoms in total. The summed E-state index contributed by atoms with van der Waals surface area (Å²) in [4.78, 5) is 13.5. The smallest absolute Gasteiger partial charge is 0.225 e. The van der Waals surface area contributed by atoms with Gasteiger partial charge in [-0.15, -0.1) is 0 Å². The summed E-state index contributed by atoms with van der Waals surface area (Å²) in [5.41, 5.74) is 5.76. The standard InChI is InChI=1S/C9H16N2O/c10-8-3-1-7(2-4-8)9(12)11-5-6-11/h7-8H,1-6,10H2. The maximum Gasteiger partial charge on any atom is 0.225 e. The summed E-state index contributed by atoms with van der Waals surface area (Å²) in [6, 6.07) is 0.350. The zero-order valence-electron chi connectivity index (χ0n) is 7.33. The normalized spacial score (nSPS) is 34.9. The minimum Gasteiger partial charge on any atom is -0.339 e. The molecular weight excluding hydrogens is 152 g/mol. The number of hydrogen-bond acceptors (Lipinski definition) is 2. The lowest BCUT2D eigenvalue weighted by atomic mass is 9.86. The monoisotopic (exact) mass is 168 g/mol. The Morgan fingerprint density at radius 2 is 1.75 bits per heavy atom. The Labute approximate surface area is 72.9 Å². The van der Waals surface area contributed by atoms with Crippen molar-refractivity contribution >= 4 is 5.91 Å². The van der Waals surface area contributed by atoms with Crippen molar-refractivity contribution in [1.82, 2.24) is 4.90 Å². The summed E-state index contributed by atoms with van der Waals surface area (Å²) >= 11 is 0. The molecule has 1 saturated carbocycles. The van der Waals surface area contributed by atoms with Crippen molar-refractivity contribution in [3.8, 4) is 0 Å². The highest BCUT2D eigenvalue weighted by atomic mass is 16.2. The van der Waals surface area contributed by atoms with E-state index in [-0.39, 0.29) is 0 Å². The van der Waals surface area contributed by atoms with Crippen molar-refractivity contribution < 1.29 is 4.79 Å². The Balaban J connectivity index is 1.84. The molecule has 2 fully saturated rings. The third-order valence-electron chi connectivity index (χ3n) is 2.88. The molecule has 1 aliphatic carbocycles. The van der Waals surface area contributed by atoms with Crippen LogP contribution >= 0.6 is 0 Å². The van der Waals surface area contributed by atoms with Gasteiger partial charge in [0, 0.05) is 25.0 Å². The summed E-state index contributed by atoms with van der Waals surface area (Å²) in [7, 11) is 0. The number of carbonyl (C=O) groups excluding carboxylic acids is 1. The van der Waals surface area contributed by atoms with Gasteiger partial charge in [-0.25, -0.2) is 0 Å². The molecule has 0 aromatic carbocycles. The average molecular weight is 168 g/mol. The van der Waals surface area contributed by atoms with Crippen molar-refractivity contribution in [3.05, 3.63) is 0 Å². The quantitative estimate of drug-likeness (QED) is 0.574. The first-order chi connectivity index (χ1) is 5.77. The molecule has 68 valence electrons. The van der Waals surface area contributed by atoms with E-state index >= 15 is 0 Å². The third-order valence-corrected chi connectivity index (χ3v) is 2.88. The second kappa shape index (κ2) is 3.05. The van der Waals surface area contributed by atoms with Crippen molar-refractivity contribution in [1.29, 1.82) is 0 Å². The first kappa shape index (κ1) is 8.05. The summed E-state index contributed by atoms with van der Waals surface area (Å²) in [6.45, 7) is 1.97. The van der Waals surface area contributed by atoms with Gasteiger partial charge in [0.2, 0.25) is 5.91 Å². The molecule has 1 heterocycles. The van der Waals surface area contributed by atoms with Crippen LogP contribution in [0, 0.1) is 5.92 Å². The molecule has 0 aromatic heterocycles. The molecule has 1 aliphatic heterocycles. The minimum atomic E-state index is 0.298. The molecule has 0 bridgehead atoms. The van der Waals surface area contributed by atoms with E-state index in [1.807, 2.05) is 4.90 Å². The Morgan fingerprint density at radius 3 is 2.25 bits per heavy atom. The molecule has 2 rings (SSSR count). The molecule has 0 atom stereocenters. The first-order valence-corrected chi connectivity index (χ1v) is 4.82. The van der Waals surface area contributed by atoms with E-state index in [0.29, 0.717) is 17.9 Å². The SMILES string of the molecule is NC1CCC(C(=O)N2CC2)CC1. The summed E-state index contributed by atoms with van der Waals surface area (Å²) in [5.74, 6) is 0.675. The highest BCUT2D eigenvalue weighted by molar-refractivity contribution is 5.80.